The van der Waals surface area contributed by atoms with Crippen LogP contribution >= 0.6 is 0 Å². The Morgan fingerprint density at radius 1 is 1.83 bits per heavy atom. The lowest BCUT2D eigenvalue weighted by Gasteiger charge is -1.87. The predicted octanol–water partition coefficient (Wildman–Crippen LogP) is 0.868. The second-order valence-electron chi connectivity index (χ2n) is 1.18. The zero-order chi connectivity index (χ0) is 4.41. The Balaban J connectivity index is 2.38. The molecule has 1 aliphatic heterocycles. The van der Waals surface area contributed by atoms with Crippen molar-refractivity contribution in [2.24, 2.45) is 0 Å². The lowest BCUT2D eigenvalue weighted by atomic mass is 10.4. The van der Waals surface area contributed by atoms with Crippen LogP contribution in [0.3, 0.4) is 0 Å². The van der Waals surface area contributed by atoms with E-state index in [2.05, 4.69) is 4.74 Å². The van der Waals surface area contributed by atoms with Gasteiger partial charge in [-0.3, -0.25) is 0 Å². The van der Waals surface area contributed by atoms with Gasteiger partial charge in [-0.2, -0.15) is 0 Å². The van der Waals surface area contributed by atoms with Gasteiger partial charge in [-0.15, -0.1) is 0 Å². The van der Waals surface area contributed by atoms with Crippen molar-refractivity contribution in [2.75, 3.05) is 6.61 Å². The average Bonchev–Trinajstić information content (AvgIpc) is 1.86. The Kier molecular flexibility index (Phi) is 0.783. The van der Waals surface area contributed by atoms with Crippen LogP contribution in [0.15, 0.2) is 12.3 Å². The second kappa shape index (κ2) is 1.29. The molecule has 1 aliphatic rings. The molecule has 0 saturated carbocycles. The van der Waals surface area contributed by atoms with Crippen LogP contribution in [0, 0.1) is 0 Å². The van der Waals surface area contributed by atoms with E-state index in [4.69, 9.17) is 0 Å². The van der Waals surface area contributed by atoms with Crippen LogP contribution in [0.4, 0.5) is 4.39 Å². The van der Waals surface area contributed by atoms with Gasteiger partial charge in [0.15, 0.2) is 6.17 Å². The van der Waals surface area contributed by atoms with Crippen molar-refractivity contribution in [1.29, 1.82) is 0 Å². The summed E-state index contributed by atoms with van der Waals surface area (Å²) in [5, 5.41) is 0. The molecule has 1 atom stereocenters. The second-order valence-corrected chi connectivity index (χ2v) is 1.18. The minimum Gasteiger partial charge on any atom is -0.498 e. The summed E-state index contributed by atoms with van der Waals surface area (Å²) in [6, 6.07) is 0. The van der Waals surface area contributed by atoms with Crippen molar-refractivity contribution in [1.82, 2.24) is 0 Å². The average molecular weight is 88.1 g/mol. The standard InChI is InChI=1S/C4H5FO/c5-4-1-2-6-3-4/h1-2,4H,3H2. The smallest absolute Gasteiger partial charge is 0.155 e. The van der Waals surface area contributed by atoms with E-state index in [1.807, 2.05) is 0 Å². The molecule has 0 aromatic heterocycles. The highest BCUT2D eigenvalue weighted by atomic mass is 19.1. The van der Waals surface area contributed by atoms with Gasteiger partial charge in [-0.25, -0.2) is 4.39 Å². The summed E-state index contributed by atoms with van der Waals surface area (Å²) in [6.07, 6.45) is 1.91. The molecule has 6 heavy (non-hydrogen) atoms. The summed E-state index contributed by atoms with van der Waals surface area (Å²) >= 11 is 0. The largest absolute Gasteiger partial charge is 0.498 e. The third kappa shape index (κ3) is 0.506. The SMILES string of the molecule is FC1C=COC1. The van der Waals surface area contributed by atoms with Crippen LogP contribution in [0.5, 0.6) is 0 Å². The van der Waals surface area contributed by atoms with Crippen molar-refractivity contribution >= 4 is 0 Å². The van der Waals surface area contributed by atoms with Gasteiger partial charge in [0.1, 0.15) is 6.61 Å². The summed E-state index contributed by atoms with van der Waals surface area (Å²) in [5.74, 6) is 0. The minimum absolute atomic E-state index is 0.208. The molecule has 0 fully saturated rings. The van der Waals surface area contributed by atoms with Crippen LogP contribution < -0.4 is 0 Å². The fraction of sp³-hybridized carbons (Fsp3) is 0.500. The van der Waals surface area contributed by atoms with Crippen molar-refractivity contribution in [3.8, 4) is 0 Å². The third-order valence-corrected chi connectivity index (χ3v) is 0.639. The van der Waals surface area contributed by atoms with Gasteiger partial charge in [0.2, 0.25) is 0 Å². The van der Waals surface area contributed by atoms with Gasteiger partial charge in [-0.05, 0) is 6.08 Å². The quantitative estimate of drug-likeness (QED) is 0.427. The molecule has 34 valence electrons. The van der Waals surface area contributed by atoms with E-state index in [-0.39, 0.29) is 6.61 Å². The Hall–Kier alpha value is -0.530. The highest BCUT2D eigenvalue weighted by molar-refractivity contribution is 4.88. The summed E-state index contributed by atoms with van der Waals surface area (Å²) < 4.78 is 16.2. The van der Waals surface area contributed by atoms with Crippen molar-refractivity contribution in [2.45, 2.75) is 6.17 Å². The number of hydrogen-bond donors (Lipinski definition) is 0. The molecule has 0 amide bonds. The molecule has 0 bridgehead atoms. The number of hydrogen-bond acceptors (Lipinski definition) is 1. The molecule has 1 heterocycles. The lowest BCUT2D eigenvalue weighted by Crippen LogP contribution is -1.94. The van der Waals surface area contributed by atoms with Gasteiger partial charge in [0, 0.05) is 0 Å². The van der Waals surface area contributed by atoms with Crippen molar-refractivity contribution < 1.29 is 9.13 Å². The molecule has 0 N–H and O–H groups in total. The monoisotopic (exact) mass is 88.0 g/mol. The molecular weight excluding hydrogens is 83.0 g/mol. The molecule has 1 rings (SSSR count). The first-order valence-electron chi connectivity index (χ1n) is 1.82. The van der Waals surface area contributed by atoms with Crippen molar-refractivity contribution in [3.63, 3.8) is 0 Å². The number of halogens is 1. The van der Waals surface area contributed by atoms with Crippen LogP contribution in [-0.2, 0) is 4.74 Å². The van der Waals surface area contributed by atoms with Crippen LogP contribution in [-0.4, -0.2) is 12.8 Å². The fourth-order valence-corrected chi connectivity index (χ4v) is 0.344. The highest BCUT2D eigenvalue weighted by Gasteiger charge is 2.04. The fourth-order valence-electron chi connectivity index (χ4n) is 0.344. The maximum atomic E-state index is 11.7. The molecule has 1 unspecified atom stereocenters. The molecule has 0 spiro atoms. The summed E-state index contributed by atoms with van der Waals surface area (Å²) in [5.41, 5.74) is 0. The van der Waals surface area contributed by atoms with Gasteiger partial charge in [0.05, 0.1) is 6.26 Å². The lowest BCUT2D eigenvalue weighted by molar-refractivity contribution is 0.217. The first-order chi connectivity index (χ1) is 2.89. The molecule has 0 saturated heterocycles. The number of ether oxygens (including phenoxy) is 1. The summed E-state index contributed by atoms with van der Waals surface area (Å²) in [7, 11) is 0. The normalized spacial score (nSPS) is 30.5. The Bertz CT molecular complexity index is 69.9. The topological polar surface area (TPSA) is 9.23 Å². The Labute approximate surface area is 35.4 Å². The molecule has 1 nitrogen and oxygen atoms in total. The predicted molar refractivity (Wildman–Crippen MR) is 20.0 cm³/mol. The minimum atomic E-state index is -0.856. The van der Waals surface area contributed by atoms with E-state index < -0.39 is 6.17 Å². The van der Waals surface area contributed by atoms with Crippen LogP contribution in [0.2, 0.25) is 0 Å². The zero-order valence-electron chi connectivity index (χ0n) is 3.23. The molecule has 0 aromatic rings. The Morgan fingerprint density at radius 3 is 2.83 bits per heavy atom. The maximum Gasteiger partial charge on any atom is 0.155 e. The molecular formula is C4H5FO. The van der Waals surface area contributed by atoms with Gasteiger partial charge in [-0.1, -0.05) is 0 Å². The highest BCUT2D eigenvalue weighted by Crippen LogP contribution is 2.01. The third-order valence-electron chi connectivity index (χ3n) is 0.639. The maximum absolute atomic E-state index is 11.7. The van der Waals surface area contributed by atoms with Gasteiger partial charge < -0.3 is 4.74 Å². The first-order valence-corrected chi connectivity index (χ1v) is 1.82. The molecule has 2 heteroatoms. The first kappa shape index (κ1) is 3.65. The molecule has 0 aliphatic carbocycles. The molecule has 0 aromatic carbocycles. The van der Waals surface area contributed by atoms with E-state index in [9.17, 15) is 4.39 Å². The van der Waals surface area contributed by atoms with E-state index >= 15 is 0 Å². The summed E-state index contributed by atoms with van der Waals surface area (Å²) in [6.45, 7) is 0.208. The van der Waals surface area contributed by atoms with Crippen LogP contribution in [0.1, 0.15) is 0 Å². The van der Waals surface area contributed by atoms with E-state index in [1.165, 1.54) is 12.3 Å². The van der Waals surface area contributed by atoms with Crippen molar-refractivity contribution in [3.05, 3.63) is 12.3 Å². The number of rotatable bonds is 0. The summed E-state index contributed by atoms with van der Waals surface area (Å²) in [4.78, 5) is 0. The van der Waals surface area contributed by atoms with Crippen LogP contribution in [0.25, 0.3) is 0 Å². The number of alkyl halides is 1. The van der Waals surface area contributed by atoms with Gasteiger partial charge in [0.25, 0.3) is 0 Å². The van der Waals surface area contributed by atoms with Gasteiger partial charge >= 0.3 is 0 Å². The van der Waals surface area contributed by atoms with E-state index in [0.29, 0.717) is 0 Å². The molecule has 0 radical (unpaired) electrons. The zero-order valence-corrected chi connectivity index (χ0v) is 3.23. The van der Waals surface area contributed by atoms with E-state index in [0.717, 1.165) is 0 Å². The van der Waals surface area contributed by atoms with E-state index in [1.54, 1.807) is 0 Å². The Morgan fingerprint density at radius 2 is 2.67 bits per heavy atom.